The van der Waals surface area contributed by atoms with Crippen molar-refractivity contribution in [1.29, 1.82) is 0 Å². The Morgan fingerprint density at radius 3 is 2.32 bits per heavy atom. The Labute approximate surface area is 307 Å². The summed E-state index contributed by atoms with van der Waals surface area (Å²) >= 11 is 8.02. The molecule has 0 fully saturated rings. The van der Waals surface area contributed by atoms with Crippen LogP contribution in [-0.4, -0.2) is 51.5 Å². The number of benzene rings is 3. The van der Waals surface area contributed by atoms with E-state index in [0.29, 0.717) is 0 Å². The summed E-state index contributed by atoms with van der Waals surface area (Å²) in [4.78, 5) is 2.53. The van der Waals surface area contributed by atoms with Crippen molar-refractivity contribution in [2.24, 2.45) is 0 Å². The van der Waals surface area contributed by atoms with E-state index in [9.17, 15) is 0 Å². The van der Waals surface area contributed by atoms with Gasteiger partial charge in [0.2, 0.25) is 0 Å². The zero-order valence-corrected chi connectivity index (χ0v) is 36.1. The fourth-order valence-electron chi connectivity index (χ4n) is 5.74. The third-order valence-electron chi connectivity index (χ3n) is 7.88. The monoisotopic (exact) mass is 1000 g/mol. The second-order valence-corrected chi connectivity index (χ2v) is 17.4. The van der Waals surface area contributed by atoms with Crippen LogP contribution in [0.15, 0.2) is 127 Å². The first-order valence-electron chi connectivity index (χ1n) is 15.8. The van der Waals surface area contributed by atoms with Crippen molar-refractivity contribution in [3.05, 3.63) is 145 Å². The zero-order valence-electron chi connectivity index (χ0n) is 26.5. The molecule has 5 rings (SSSR count). The molecule has 0 saturated carbocycles. The summed E-state index contributed by atoms with van der Waals surface area (Å²) in [7, 11) is 0. The average Bonchev–Trinajstić information content (AvgIpc) is 3.06. The van der Waals surface area contributed by atoms with E-state index in [0.717, 1.165) is 86.1 Å². The van der Waals surface area contributed by atoms with E-state index in [-0.39, 0.29) is 0 Å². The maximum absolute atomic E-state index is 3.86. The van der Waals surface area contributed by atoms with Gasteiger partial charge < -0.3 is 0 Å². The van der Waals surface area contributed by atoms with Crippen LogP contribution >= 0.6 is 11.8 Å². The van der Waals surface area contributed by atoms with E-state index in [1.807, 2.05) is 25.6 Å². The van der Waals surface area contributed by atoms with Gasteiger partial charge in [-0.25, -0.2) is 0 Å². The summed E-state index contributed by atoms with van der Waals surface area (Å²) in [6.45, 7) is 8.55. The standard InChI is InChI=1S/C38H36S2.C2H6.2Pb/c1-4-27-24-28(5-2)26-33(25-27)38-31(20-18-29(6-3)34-14-7-9-16-36(34)39)12-11-13-32(38)21-19-30-22-23-40-37-17-10-8-15-35(30)37;1-2;;/h6-10,14-22,24-26,39H,3-5,11-13H2,1-2H3;1-2H3;;/p+1/b20-18+,29-6-,30-19+,32-21+;;;. The summed E-state index contributed by atoms with van der Waals surface area (Å²) < 4.78 is 2.62. The molecule has 0 bridgehead atoms. The first kappa shape index (κ1) is 35.5. The van der Waals surface area contributed by atoms with Gasteiger partial charge in [0.05, 0.1) is 0 Å². The van der Waals surface area contributed by atoms with Crippen LogP contribution in [0.3, 0.4) is 0 Å². The van der Waals surface area contributed by atoms with Crippen molar-refractivity contribution in [2.75, 3.05) is 0 Å². The van der Waals surface area contributed by atoms with Crippen LogP contribution in [0.4, 0.5) is 0 Å². The van der Waals surface area contributed by atoms with Crippen LogP contribution in [0.1, 0.15) is 74.8 Å². The molecule has 0 saturated heterocycles. The summed E-state index contributed by atoms with van der Waals surface area (Å²) in [5.74, 6) is 0. The molecule has 1 aliphatic heterocycles. The number of allylic oxidation sites excluding steroid dienone is 11. The summed E-state index contributed by atoms with van der Waals surface area (Å²) in [6.07, 6.45) is 19.9. The Morgan fingerprint density at radius 2 is 1.61 bits per heavy atom. The molecule has 1 aliphatic carbocycles. The van der Waals surface area contributed by atoms with Gasteiger partial charge in [-0.15, -0.1) is 0 Å². The zero-order chi connectivity index (χ0) is 31.5. The van der Waals surface area contributed by atoms with Gasteiger partial charge in [-0.05, 0) is 0 Å². The second-order valence-electron chi connectivity index (χ2n) is 10.7. The molecule has 0 spiro atoms. The van der Waals surface area contributed by atoms with E-state index in [2.05, 4.69) is 130 Å². The van der Waals surface area contributed by atoms with E-state index in [4.69, 9.17) is 0 Å². The van der Waals surface area contributed by atoms with Crippen molar-refractivity contribution in [2.45, 2.75) is 73.6 Å². The molecule has 3 aromatic carbocycles. The number of thioether (sulfide) groups is 1. The number of hydrogen-bond acceptors (Lipinski definition) is 1. The SMILES string of the molecule is CC.CCc1cc(CC)cc(C2=C(/C=C/C(=C/[CH2][Pb])c3ccccc3[SH2+])CCC/C2=C\C=C2/C=[C]([Pb])Sc3ccccc32)c1. The van der Waals surface area contributed by atoms with Gasteiger partial charge in [0.25, 0.3) is 0 Å². The van der Waals surface area contributed by atoms with Gasteiger partial charge in [-0.2, -0.15) is 0 Å². The second kappa shape index (κ2) is 18.1. The van der Waals surface area contributed by atoms with Crippen molar-refractivity contribution < 1.29 is 0 Å². The van der Waals surface area contributed by atoms with Crippen LogP contribution in [-0.2, 0) is 25.5 Å². The van der Waals surface area contributed by atoms with E-state index < -0.39 is 0 Å². The van der Waals surface area contributed by atoms with Gasteiger partial charge in [0.15, 0.2) is 0 Å². The molecule has 44 heavy (non-hydrogen) atoms. The third-order valence-corrected chi connectivity index (χ3v) is 11.8. The third kappa shape index (κ3) is 9.13. The van der Waals surface area contributed by atoms with Gasteiger partial charge in [0, 0.05) is 0 Å². The van der Waals surface area contributed by atoms with Crippen LogP contribution in [0, 0.1) is 0 Å². The molecule has 2 aliphatic rings. The Kier molecular flexibility index (Phi) is 14.6. The van der Waals surface area contributed by atoms with E-state index in [1.165, 1.54) is 69.5 Å². The predicted octanol–water partition coefficient (Wildman–Crippen LogP) is 10.5. The molecule has 222 valence electrons. The number of hydrogen-bond donors (Lipinski definition) is 0. The van der Waals surface area contributed by atoms with Gasteiger partial charge in [-0.3, -0.25) is 0 Å². The predicted molar refractivity (Wildman–Crippen MR) is 202 cm³/mol. The molecular weight excluding hydrogens is 959 g/mol. The van der Waals surface area contributed by atoms with Crippen molar-refractivity contribution >= 4 is 92.6 Å². The molecule has 0 aromatic heterocycles. The number of rotatable bonds is 8. The molecule has 0 nitrogen and oxygen atoms in total. The Hall–Kier alpha value is -1.36. The fraction of sp³-hybridized carbons (Fsp3) is 0.250. The summed E-state index contributed by atoms with van der Waals surface area (Å²) in [5, 5.41) is 0. The van der Waals surface area contributed by atoms with Gasteiger partial charge in [0.1, 0.15) is 0 Å². The molecule has 0 N–H and O–H groups in total. The first-order valence-corrected chi connectivity index (χ1v) is 21.8. The molecule has 3 aromatic rings. The van der Waals surface area contributed by atoms with Gasteiger partial charge >= 0.3 is 297 Å². The summed E-state index contributed by atoms with van der Waals surface area (Å²) in [5.41, 5.74) is 13.8. The quantitative estimate of drug-likeness (QED) is 0.123. The minimum absolute atomic E-state index is 1.06. The Morgan fingerprint density at radius 1 is 0.909 bits per heavy atom. The molecule has 4 heteroatoms. The van der Waals surface area contributed by atoms with E-state index >= 15 is 0 Å². The molecule has 0 unspecified atom stereocenters. The number of aryl methyl sites for hydroxylation is 2. The average molecular weight is 1000 g/mol. The molecule has 1 heterocycles. The normalized spacial score (nSPS) is 17.1. The molecular formula is C40H43Pb2S2+. The molecule has 6 radical (unpaired) electrons. The van der Waals surface area contributed by atoms with Crippen LogP contribution in [0.5, 0.6) is 0 Å². The minimum atomic E-state index is 1.06. The van der Waals surface area contributed by atoms with E-state index in [1.54, 1.807) is 0 Å². The number of fused-ring (bicyclic) bond motifs is 1. The van der Waals surface area contributed by atoms with Gasteiger partial charge in [-0.1, -0.05) is 13.8 Å². The van der Waals surface area contributed by atoms with Crippen molar-refractivity contribution in [3.8, 4) is 0 Å². The van der Waals surface area contributed by atoms with Crippen molar-refractivity contribution in [1.82, 2.24) is 0 Å². The molecule has 0 amide bonds. The first-order chi connectivity index (χ1) is 21.5. The Balaban J connectivity index is 0.00000216. The molecule has 0 atom stereocenters. The Bertz CT molecular complexity index is 1630. The summed E-state index contributed by atoms with van der Waals surface area (Å²) in [6, 6.07) is 24.7. The van der Waals surface area contributed by atoms with Crippen molar-refractivity contribution in [3.63, 3.8) is 0 Å². The van der Waals surface area contributed by atoms with Crippen LogP contribution < -0.4 is 0 Å². The maximum atomic E-state index is 3.86. The van der Waals surface area contributed by atoms with Crippen LogP contribution in [0.2, 0.25) is 3.98 Å². The van der Waals surface area contributed by atoms with Crippen LogP contribution in [0.25, 0.3) is 16.7 Å². The fourth-order valence-corrected chi connectivity index (χ4v) is 9.67. The topological polar surface area (TPSA) is 0 Å².